The van der Waals surface area contributed by atoms with Crippen LogP contribution in [-0.2, 0) is 10.2 Å². The van der Waals surface area contributed by atoms with Crippen LogP contribution < -0.4 is 5.32 Å². The van der Waals surface area contributed by atoms with E-state index < -0.39 is 0 Å². The zero-order valence-electron chi connectivity index (χ0n) is 15.0. The van der Waals surface area contributed by atoms with Crippen molar-refractivity contribution in [3.05, 3.63) is 29.8 Å². The number of rotatable bonds is 4. The fourth-order valence-corrected chi connectivity index (χ4v) is 2.93. The van der Waals surface area contributed by atoms with Crippen molar-refractivity contribution in [2.24, 2.45) is 5.92 Å². The first-order chi connectivity index (χ1) is 11.4. The third kappa shape index (κ3) is 5.28. The second-order valence-corrected chi connectivity index (χ2v) is 7.43. The standard InChI is InChI=1S/C20H28N2O2/c1-5-13-24-15-16-7-6-12-22(14-16)19(23)21-18-10-8-17(9-11-18)20(2,3)4/h1,8-11,16H,6-7,12-15H2,2-4H3,(H,21,23). The van der Waals surface area contributed by atoms with Gasteiger partial charge >= 0.3 is 6.03 Å². The van der Waals surface area contributed by atoms with Gasteiger partial charge in [-0.3, -0.25) is 0 Å². The summed E-state index contributed by atoms with van der Waals surface area (Å²) in [6.45, 7) is 9.00. The number of likely N-dealkylation sites (tertiary alicyclic amines) is 1. The molecule has 2 amide bonds. The Kier molecular flexibility index (Phi) is 6.28. The highest BCUT2D eigenvalue weighted by Gasteiger charge is 2.24. The largest absolute Gasteiger partial charge is 0.368 e. The Morgan fingerprint density at radius 2 is 2.08 bits per heavy atom. The highest BCUT2D eigenvalue weighted by molar-refractivity contribution is 5.89. The SMILES string of the molecule is C#CCOCC1CCCN(C(=O)Nc2ccc(C(C)(C)C)cc2)C1. The molecule has 0 radical (unpaired) electrons. The zero-order valence-corrected chi connectivity index (χ0v) is 15.0. The van der Waals surface area contributed by atoms with E-state index in [-0.39, 0.29) is 11.4 Å². The van der Waals surface area contributed by atoms with Crippen molar-refractivity contribution in [1.82, 2.24) is 4.90 Å². The molecule has 1 saturated heterocycles. The van der Waals surface area contributed by atoms with E-state index in [1.54, 1.807) is 0 Å². The average molecular weight is 328 g/mol. The maximum Gasteiger partial charge on any atom is 0.321 e. The highest BCUT2D eigenvalue weighted by atomic mass is 16.5. The number of urea groups is 1. The summed E-state index contributed by atoms with van der Waals surface area (Å²) < 4.78 is 5.42. The molecule has 0 aromatic heterocycles. The van der Waals surface area contributed by atoms with E-state index in [2.05, 4.69) is 44.1 Å². The quantitative estimate of drug-likeness (QED) is 0.673. The molecule has 1 unspecified atom stereocenters. The van der Waals surface area contributed by atoms with E-state index in [0.717, 1.165) is 31.6 Å². The molecular formula is C20H28N2O2. The van der Waals surface area contributed by atoms with Gasteiger partial charge in [0.05, 0.1) is 6.61 Å². The van der Waals surface area contributed by atoms with Crippen molar-refractivity contribution in [3.8, 4) is 12.3 Å². The minimum atomic E-state index is -0.0415. The molecule has 1 N–H and O–H groups in total. The topological polar surface area (TPSA) is 41.6 Å². The van der Waals surface area contributed by atoms with Crippen LogP contribution in [0.25, 0.3) is 0 Å². The Balaban J connectivity index is 1.88. The van der Waals surface area contributed by atoms with Crippen LogP contribution in [0.4, 0.5) is 10.5 Å². The number of nitrogens with one attached hydrogen (secondary N) is 1. The Morgan fingerprint density at radius 3 is 2.71 bits per heavy atom. The highest BCUT2D eigenvalue weighted by Crippen LogP contribution is 2.24. The van der Waals surface area contributed by atoms with Crippen LogP contribution in [0.3, 0.4) is 0 Å². The summed E-state index contributed by atoms with van der Waals surface area (Å²) >= 11 is 0. The molecular weight excluding hydrogens is 300 g/mol. The molecule has 0 bridgehead atoms. The van der Waals surface area contributed by atoms with Gasteiger partial charge in [0.1, 0.15) is 6.61 Å². The lowest BCUT2D eigenvalue weighted by Crippen LogP contribution is -2.43. The summed E-state index contributed by atoms with van der Waals surface area (Å²) in [7, 11) is 0. The van der Waals surface area contributed by atoms with Crippen LogP contribution in [0.5, 0.6) is 0 Å². The van der Waals surface area contributed by atoms with Crippen molar-refractivity contribution in [2.45, 2.75) is 39.0 Å². The second kappa shape index (κ2) is 8.21. The van der Waals surface area contributed by atoms with Gasteiger partial charge in [-0.2, -0.15) is 0 Å². The van der Waals surface area contributed by atoms with E-state index in [1.807, 2.05) is 17.0 Å². The maximum absolute atomic E-state index is 12.5. The molecule has 2 rings (SSSR count). The molecule has 1 fully saturated rings. The number of carbonyl (C=O) groups excluding carboxylic acids is 1. The van der Waals surface area contributed by atoms with Gasteiger partial charge in [0.15, 0.2) is 0 Å². The van der Waals surface area contributed by atoms with Gasteiger partial charge in [0, 0.05) is 24.7 Å². The lowest BCUT2D eigenvalue weighted by molar-refractivity contribution is 0.0883. The van der Waals surface area contributed by atoms with E-state index in [0.29, 0.717) is 19.1 Å². The molecule has 1 aromatic carbocycles. The summed E-state index contributed by atoms with van der Waals surface area (Å²) in [5, 5.41) is 2.99. The first-order valence-electron chi connectivity index (χ1n) is 8.58. The molecule has 1 aromatic rings. The lowest BCUT2D eigenvalue weighted by atomic mass is 9.87. The first-order valence-corrected chi connectivity index (χ1v) is 8.58. The summed E-state index contributed by atoms with van der Waals surface area (Å²) in [5.74, 6) is 2.84. The van der Waals surface area contributed by atoms with Gasteiger partial charge in [-0.05, 0) is 36.0 Å². The molecule has 4 heteroatoms. The molecule has 1 aliphatic rings. The summed E-state index contributed by atoms with van der Waals surface area (Å²) in [5.41, 5.74) is 2.20. The molecule has 1 aliphatic heterocycles. The first kappa shape index (κ1) is 18.4. The van der Waals surface area contributed by atoms with Crippen LogP contribution >= 0.6 is 0 Å². The Labute approximate surface area is 145 Å². The predicted molar refractivity (Wildman–Crippen MR) is 98.1 cm³/mol. The minimum Gasteiger partial charge on any atom is -0.368 e. The van der Waals surface area contributed by atoms with Crippen LogP contribution in [0.15, 0.2) is 24.3 Å². The molecule has 1 heterocycles. The van der Waals surface area contributed by atoms with Gasteiger partial charge in [-0.1, -0.05) is 38.8 Å². The van der Waals surface area contributed by atoms with Crippen LogP contribution in [0.1, 0.15) is 39.2 Å². The number of hydrogen-bond donors (Lipinski definition) is 1. The predicted octanol–water partition coefficient (Wildman–Crippen LogP) is 3.88. The van der Waals surface area contributed by atoms with E-state index in [1.165, 1.54) is 5.56 Å². The Bertz CT molecular complexity index is 581. The monoisotopic (exact) mass is 328 g/mol. The number of piperidine rings is 1. The van der Waals surface area contributed by atoms with Crippen molar-refractivity contribution in [2.75, 3.05) is 31.6 Å². The number of benzene rings is 1. The second-order valence-electron chi connectivity index (χ2n) is 7.43. The van der Waals surface area contributed by atoms with Crippen molar-refractivity contribution >= 4 is 11.7 Å². The smallest absolute Gasteiger partial charge is 0.321 e. The number of amides is 2. The van der Waals surface area contributed by atoms with Crippen LogP contribution in [0.2, 0.25) is 0 Å². The molecule has 0 saturated carbocycles. The van der Waals surface area contributed by atoms with Gasteiger partial charge in [0.2, 0.25) is 0 Å². The minimum absolute atomic E-state index is 0.0415. The van der Waals surface area contributed by atoms with Crippen molar-refractivity contribution < 1.29 is 9.53 Å². The number of hydrogen-bond acceptors (Lipinski definition) is 2. The maximum atomic E-state index is 12.5. The molecule has 0 aliphatic carbocycles. The normalized spacial score (nSPS) is 18.1. The number of carbonyl (C=O) groups is 1. The number of terminal acetylenes is 1. The summed E-state index contributed by atoms with van der Waals surface area (Å²) in [6, 6.07) is 8.04. The molecule has 4 nitrogen and oxygen atoms in total. The van der Waals surface area contributed by atoms with E-state index in [4.69, 9.17) is 11.2 Å². The Morgan fingerprint density at radius 1 is 1.38 bits per heavy atom. The average Bonchev–Trinajstić information content (AvgIpc) is 2.55. The number of nitrogens with zero attached hydrogens (tertiary/aromatic N) is 1. The van der Waals surface area contributed by atoms with Crippen molar-refractivity contribution in [1.29, 1.82) is 0 Å². The van der Waals surface area contributed by atoms with Gasteiger partial charge in [-0.15, -0.1) is 6.42 Å². The van der Waals surface area contributed by atoms with Crippen LogP contribution in [0, 0.1) is 18.3 Å². The molecule has 130 valence electrons. The molecule has 1 atom stereocenters. The van der Waals surface area contributed by atoms with Gasteiger partial charge in [0.25, 0.3) is 0 Å². The fourth-order valence-electron chi connectivity index (χ4n) is 2.93. The molecule has 24 heavy (non-hydrogen) atoms. The van der Waals surface area contributed by atoms with Gasteiger partial charge in [-0.25, -0.2) is 4.79 Å². The molecule has 0 spiro atoms. The lowest BCUT2D eigenvalue weighted by Gasteiger charge is -2.32. The number of anilines is 1. The van der Waals surface area contributed by atoms with Crippen molar-refractivity contribution in [3.63, 3.8) is 0 Å². The third-order valence-electron chi connectivity index (χ3n) is 4.35. The van der Waals surface area contributed by atoms with E-state index in [9.17, 15) is 4.79 Å². The summed E-state index contributed by atoms with van der Waals surface area (Å²) in [4.78, 5) is 14.3. The Hall–Kier alpha value is -1.99. The third-order valence-corrected chi connectivity index (χ3v) is 4.35. The van der Waals surface area contributed by atoms with Crippen LogP contribution in [-0.4, -0.2) is 37.2 Å². The zero-order chi connectivity index (χ0) is 17.6. The fraction of sp³-hybridized carbons (Fsp3) is 0.550. The summed E-state index contributed by atoms with van der Waals surface area (Å²) in [6.07, 6.45) is 7.27. The van der Waals surface area contributed by atoms with E-state index >= 15 is 0 Å². The van der Waals surface area contributed by atoms with Gasteiger partial charge < -0.3 is 15.0 Å². The number of ether oxygens (including phenoxy) is 1.